The van der Waals surface area contributed by atoms with Gasteiger partial charge in [0.1, 0.15) is 0 Å². The molecule has 120 valence electrons. The number of aliphatic hydroxyl groups excluding tert-OH is 1. The van der Waals surface area contributed by atoms with E-state index in [1.54, 1.807) is 11.8 Å². The van der Waals surface area contributed by atoms with Crippen molar-refractivity contribution in [1.82, 2.24) is 5.32 Å². The van der Waals surface area contributed by atoms with Crippen LogP contribution in [0.15, 0.2) is 48.5 Å². The molecule has 0 radical (unpaired) electrons. The molecule has 0 saturated carbocycles. The molecule has 23 heavy (non-hydrogen) atoms. The lowest BCUT2D eigenvalue weighted by Gasteiger charge is -2.18. The van der Waals surface area contributed by atoms with Gasteiger partial charge in [-0.15, -0.1) is 0 Å². The van der Waals surface area contributed by atoms with Crippen LogP contribution in [0.2, 0.25) is 0 Å². The summed E-state index contributed by atoms with van der Waals surface area (Å²) in [5, 5.41) is 13.4. The molecule has 1 aliphatic carbocycles. The van der Waals surface area contributed by atoms with Gasteiger partial charge in [-0.25, -0.2) is 0 Å². The molecular formula is C19H21NO2S. The summed E-state index contributed by atoms with van der Waals surface area (Å²) in [5.41, 5.74) is 3.78. The fourth-order valence-corrected chi connectivity index (χ4v) is 3.71. The minimum absolute atomic E-state index is 0.103. The molecule has 3 rings (SSSR count). The van der Waals surface area contributed by atoms with Crippen molar-refractivity contribution < 1.29 is 9.90 Å². The van der Waals surface area contributed by atoms with Gasteiger partial charge in [-0.2, -0.15) is 11.8 Å². The minimum atomic E-state index is -0.632. The zero-order chi connectivity index (χ0) is 16.2. The van der Waals surface area contributed by atoms with E-state index in [0.717, 1.165) is 28.2 Å². The normalized spacial score (nSPS) is 19.4. The maximum Gasteiger partial charge on any atom is 0.251 e. The van der Waals surface area contributed by atoms with Crippen LogP contribution in [0.3, 0.4) is 0 Å². The van der Waals surface area contributed by atoms with E-state index in [0.29, 0.717) is 12.0 Å². The van der Waals surface area contributed by atoms with Crippen molar-refractivity contribution >= 4 is 17.7 Å². The van der Waals surface area contributed by atoms with E-state index in [1.165, 1.54) is 0 Å². The van der Waals surface area contributed by atoms with E-state index < -0.39 is 6.10 Å². The smallest absolute Gasteiger partial charge is 0.251 e. The second kappa shape index (κ2) is 7.20. The van der Waals surface area contributed by atoms with Crippen LogP contribution in [0, 0.1) is 0 Å². The Hall–Kier alpha value is -1.78. The van der Waals surface area contributed by atoms with Crippen LogP contribution in [0.4, 0.5) is 0 Å². The van der Waals surface area contributed by atoms with Gasteiger partial charge in [0, 0.05) is 11.3 Å². The summed E-state index contributed by atoms with van der Waals surface area (Å²) in [6, 6.07) is 15.3. The first kappa shape index (κ1) is 16.1. The second-order valence-corrected chi connectivity index (χ2v) is 7.00. The number of nitrogens with one attached hydrogen (secondary N) is 1. The number of aliphatic hydroxyl groups is 1. The summed E-state index contributed by atoms with van der Waals surface area (Å²) < 4.78 is 0. The number of rotatable bonds is 5. The largest absolute Gasteiger partial charge is 0.386 e. The Bertz CT molecular complexity index is 701. The Morgan fingerprint density at radius 1 is 1.22 bits per heavy atom. The minimum Gasteiger partial charge on any atom is -0.386 e. The Labute approximate surface area is 141 Å². The molecule has 2 atom stereocenters. The molecule has 4 heteroatoms. The highest BCUT2D eigenvalue weighted by Crippen LogP contribution is 2.31. The van der Waals surface area contributed by atoms with Crippen molar-refractivity contribution in [2.24, 2.45) is 0 Å². The summed E-state index contributed by atoms with van der Waals surface area (Å²) in [6.07, 6.45) is 0.0434. The molecule has 0 spiro atoms. The lowest BCUT2D eigenvalue weighted by atomic mass is 10.1. The number of hydrogen-bond acceptors (Lipinski definition) is 3. The van der Waals surface area contributed by atoms with E-state index in [1.807, 2.05) is 48.5 Å². The number of fused-ring (bicyclic) bond motifs is 1. The maximum absolute atomic E-state index is 12.6. The molecule has 1 aliphatic rings. The number of carbonyl (C=O) groups is 1. The SMILES string of the molecule is CCSCc1ccccc1C(=O)N[C@H]1Cc2ccccc2[C@H]1O. The first-order valence-electron chi connectivity index (χ1n) is 7.93. The molecule has 2 aromatic rings. The third-order valence-electron chi connectivity index (χ3n) is 4.23. The molecule has 2 N–H and O–H groups in total. The quantitative estimate of drug-likeness (QED) is 0.885. The van der Waals surface area contributed by atoms with E-state index in [2.05, 4.69) is 12.2 Å². The third-order valence-corrected chi connectivity index (χ3v) is 5.16. The molecule has 0 aromatic heterocycles. The zero-order valence-corrected chi connectivity index (χ0v) is 14.0. The maximum atomic E-state index is 12.6. The Morgan fingerprint density at radius 2 is 1.96 bits per heavy atom. The first-order valence-corrected chi connectivity index (χ1v) is 9.08. The molecule has 0 fully saturated rings. The van der Waals surface area contributed by atoms with Gasteiger partial charge in [0.2, 0.25) is 0 Å². The number of thioether (sulfide) groups is 1. The van der Waals surface area contributed by atoms with Gasteiger partial charge in [0.25, 0.3) is 5.91 Å². The van der Waals surface area contributed by atoms with E-state index in [9.17, 15) is 9.90 Å². The number of benzene rings is 2. The highest BCUT2D eigenvalue weighted by molar-refractivity contribution is 7.98. The highest BCUT2D eigenvalue weighted by Gasteiger charge is 2.32. The Balaban J connectivity index is 1.74. The molecule has 0 aliphatic heterocycles. The van der Waals surface area contributed by atoms with Crippen LogP contribution in [-0.4, -0.2) is 22.8 Å². The van der Waals surface area contributed by atoms with Crippen LogP contribution in [0.1, 0.15) is 40.1 Å². The standard InChI is InChI=1S/C19H21NO2S/c1-2-23-12-14-8-4-6-10-16(14)19(22)20-17-11-13-7-3-5-9-15(13)18(17)21/h3-10,17-18,21H,2,11-12H2,1H3,(H,20,22)/t17-,18+/m0/s1. The summed E-state index contributed by atoms with van der Waals surface area (Å²) in [4.78, 5) is 12.6. The summed E-state index contributed by atoms with van der Waals surface area (Å²) in [6.45, 7) is 2.11. The Morgan fingerprint density at radius 3 is 2.74 bits per heavy atom. The van der Waals surface area contributed by atoms with Crippen molar-refractivity contribution in [3.63, 3.8) is 0 Å². The predicted molar refractivity (Wildman–Crippen MR) is 94.6 cm³/mol. The van der Waals surface area contributed by atoms with Crippen molar-refractivity contribution in [3.8, 4) is 0 Å². The van der Waals surface area contributed by atoms with Crippen LogP contribution in [-0.2, 0) is 12.2 Å². The average molecular weight is 327 g/mol. The fraction of sp³-hybridized carbons (Fsp3) is 0.316. The number of amides is 1. The Kier molecular flexibility index (Phi) is 5.03. The first-order chi connectivity index (χ1) is 11.2. The van der Waals surface area contributed by atoms with Crippen LogP contribution in [0.5, 0.6) is 0 Å². The monoisotopic (exact) mass is 327 g/mol. The summed E-state index contributed by atoms with van der Waals surface area (Å²) >= 11 is 1.80. The average Bonchev–Trinajstić information content (AvgIpc) is 2.89. The molecule has 0 saturated heterocycles. The second-order valence-electron chi connectivity index (χ2n) is 5.72. The van der Waals surface area contributed by atoms with Gasteiger partial charge in [-0.1, -0.05) is 49.4 Å². The van der Waals surface area contributed by atoms with Gasteiger partial charge in [-0.3, -0.25) is 4.79 Å². The van der Waals surface area contributed by atoms with Crippen LogP contribution < -0.4 is 5.32 Å². The molecule has 0 bridgehead atoms. The van der Waals surface area contributed by atoms with Crippen molar-refractivity contribution in [3.05, 3.63) is 70.8 Å². The van der Waals surface area contributed by atoms with Crippen LogP contribution >= 0.6 is 11.8 Å². The van der Waals surface area contributed by atoms with E-state index >= 15 is 0 Å². The number of hydrogen-bond donors (Lipinski definition) is 2. The topological polar surface area (TPSA) is 49.3 Å². The third kappa shape index (κ3) is 3.43. The van der Waals surface area contributed by atoms with Crippen molar-refractivity contribution in [1.29, 1.82) is 0 Å². The van der Waals surface area contributed by atoms with E-state index in [-0.39, 0.29) is 11.9 Å². The molecule has 0 heterocycles. The zero-order valence-electron chi connectivity index (χ0n) is 13.2. The van der Waals surface area contributed by atoms with Gasteiger partial charge in [-0.05, 0) is 34.9 Å². The molecule has 1 amide bonds. The van der Waals surface area contributed by atoms with Crippen LogP contribution in [0.25, 0.3) is 0 Å². The van der Waals surface area contributed by atoms with E-state index in [4.69, 9.17) is 0 Å². The van der Waals surface area contributed by atoms with Crippen molar-refractivity contribution in [2.75, 3.05) is 5.75 Å². The molecular weight excluding hydrogens is 306 g/mol. The molecule has 3 nitrogen and oxygen atoms in total. The predicted octanol–water partition coefficient (Wildman–Crippen LogP) is 3.33. The summed E-state index contributed by atoms with van der Waals surface area (Å²) in [5.74, 6) is 1.74. The van der Waals surface area contributed by atoms with Gasteiger partial charge in [0.15, 0.2) is 0 Å². The lowest BCUT2D eigenvalue weighted by Crippen LogP contribution is -2.38. The van der Waals surface area contributed by atoms with Crippen molar-refractivity contribution in [2.45, 2.75) is 31.2 Å². The lowest BCUT2D eigenvalue weighted by molar-refractivity contribution is 0.0858. The summed E-state index contributed by atoms with van der Waals surface area (Å²) in [7, 11) is 0. The fourth-order valence-electron chi connectivity index (χ4n) is 3.03. The van der Waals surface area contributed by atoms with Gasteiger partial charge >= 0.3 is 0 Å². The van der Waals surface area contributed by atoms with Gasteiger partial charge < -0.3 is 10.4 Å². The highest BCUT2D eigenvalue weighted by atomic mass is 32.2. The number of carbonyl (C=O) groups excluding carboxylic acids is 1. The van der Waals surface area contributed by atoms with Gasteiger partial charge in [0.05, 0.1) is 12.1 Å². The molecule has 2 aromatic carbocycles. The molecule has 0 unspecified atom stereocenters.